The average molecular weight is 327 g/mol. The first-order chi connectivity index (χ1) is 11.4. The second-order valence-corrected chi connectivity index (χ2v) is 6.09. The monoisotopic (exact) mass is 327 g/mol. The third-order valence-electron chi connectivity index (χ3n) is 3.72. The average Bonchev–Trinajstić information content (AvgIpc) is 2.55. The molecule has 0 saturated heterocycles. The Bertz CT molecular complexity index is 719. The molecule has 0 atom stereocenters. The minimum atomic E-state index is -0.576. The predicted molar refractivity (Wildman–Crippen MR) is 97.4 cm³/mol. The Hall–Kier alpha value is -2.61. The van der Waals surface area contributed by atoms with Crippen LogP contribution in [0.1, 0.15) is 29.8 Å². The van der Waals surface area contributed by atoms with Crippen LogP contribution in [0.2, 0.25) is 0 Å². The molecule has 7 nitrogen and oxygen atoms in total. The molecule has 24 heavy (non-hydrogen) atoms. The van der Waals surface area contributed by atoms with Gasteiger partial charge in [0.15, 0.2) is 0 Å². The fourth-order valence-electron chi connectivity index (χ4n) is 2.15. The van der Waals surface area contributed by atoms with Gasteiger partial charge in [-0.3, -0.25) is 4.79 Å². The van der Waals surface area contributed by atoms with Crippen molar-refractivity contribution in [1.82, 2.24) is 9.97 Å². The number of carbonyl (C=O) groups excluding carboxylic acids is 1. The Kier molecular flexibility index (Phi) is 5.40. The lowest BCUT2D eigenvalue weighted by Gasteiger charge is -2.22. The van der Waals surface area contributed by atoms with Crippen molar-refractivity contribution in [3.8, 4) is 0 Å². The van der Waals surface area contributed by atoms with Crippen LogP contribution in [-0.2, 0) is 5.41 Å². The summed E-state index contributed by atoms with van der Waals surface area (Å²) in [7, 11) is 1.90. The first-order valence-electron chi connectivity index (χ1n) is 7.76. The van der Waals surface area contributed by atoms with Gasteiger partial charge in [-0.1, -0.05) is 26.0 Å². The molecule has 0 radical (unpaired) electrons. The van der Waals surface area contributed by atoms with Crippen LogP contribution in [0.25, 0.3) is 0 Å². The molecular formula is C16H22BN5O2. The van der Waals surface area contributed by atoms with Gasteiger partial charge in [0.2, 0.25) is 5.95 Å². The maximum absolute atomic E-state index is 11.4. The second kappa shape index (κ2) is 7.31. The number of nitrogens with zero attached hydrogens (tertiary/aromatic N) is 2. The molecule has 0 saturated carbocycles. The third kappa shape index (κ3) is 4.02. The zero-order valence-corrected chi connectivity index (χ0v) is 14.1. The lowest BCUT2D eigenvalue weighted by molar-refractivity contribution is 0.100. The Morgan fingerprint density at radius 1 is 1.33 bits per heavy atom. The van der Waals surface area contributed by atoms with Crippen molar-refractivity contribution < 1.29 is 9.90 Å². The van der Waals surface area contributed by atoms with Crippen molar-refractivity contribution in [2.24, 2.45) is 5.73 Å². The topological polar surface area (TPSA) is 113 Å². The summed E-state index contributed by atoms with van der Waals surface area (Å²) in [6.07, 6.45) is 2.01. The van der Waals surface area contributed by atoms with E-state index in [9.17, 15) is 9.90 Å². The largest absolute Gasteiger partial charge is 0.395 e. The van der Waals surface area contributed by atoms with Gasteiger partial charge in [0.1, 0.15) is 13.7 Å². The van der Waals surface area contributed by atoms with Crippen LogP contribution in [0.5, 0.6) is 0 Å². The van der Waals surface area contributed by atoms with Crippen molar-refractivity contribution in [3.05, 3.63) is 41.6 Å². The molecule has 2 aromatic rings. The molecule has 0 aliphatic rings. The zero-order valence-electron chi connectivity index (χ0n) is 14.1. The number of aliphatic hydroxyl groups excluding tert-OH is 1. The Labute approximate surface area is 142 Å². The number of nitrogens with one attached hydrogen (secondary N) is 2. The highest BCUT2D eigenvalue weighted by atomic mass is 16.3. The number of primary amides is 1. The third-order valence-corrected chi connectivity index (χ3v) is 3.72. The maximum atomic E-state index is 11.4. The molecule has 0 unspecified atom stereocenters. The fourth-order valence-corrected chi connectivity index (χ4v) is 2.15. The molecule has 1 amide bonds. The maximum Gasteiger partial charge on any atom is 0.254 e. The SMILES string of the molecule is BCNc1nc(Nc2ccc(C(C)(C)CO)cc2)ncc1C(N)=O. The lowest BCUT2D eigenvalue weighted by Crippen LogP contribution is -2.21. The number of amides is 1. The van der Waals surface area contributed by atoms with Gasteiger partial charge in [-0.15, -0.1) is 0 Å². The molecule has 0 fully saturated rings. The second-order valence-electron chi connectivity index (χ2n) is 6.09. The van der Waals surface area contributed by atoms with Crippen LogP contribution in [0.15, 0.2) is 30.5 Å². The number of anilines is 3. The molecule has 0 aliphatic heterocycles. The Morgan fingerprint density at radius 3 is 2.54 bits per heavy atom. The van der Waals surface area contributed by atoms with E-state index < -0.39 is 5.91 Å². The minimum Gasteiger partial charge on any atom is -0.395 e. The van der Waals surface area contributed by atoms with Crippen molar-refractivity contribution in [3.63, 3.8) is 0 Å². The van der Waals surface area contributed by atoms with E-state index in [0.29, 0.717) is 18.2 Å². The summed E-state index contributed by atoms with van der Waals surface area (Å²) < 4.78 is 0. The molecule has 5 N–H and O–H groups in total. The highest BCUT2D eigenvalue weighted by Crippen LogP contribution is 2.25. The molecule has 2 rings (SSSR count). The standard InChI is InChI=1S/C16H22BN5O2/c1-16(2,8-23)10-3-5-11(6-4-10)21-15-19-7-12(13(18)24)14(22-15)20-9-17/h3-7,23H,8-9,17H2,1-2H3,(H2,18,24)(H2,19,20,21,22). The number of aliphatic hydroxyl groups is 1. The summed E-state index contributed by atoms with van der Waals surface area (Å²) >= 11 is 0. The lowest BCUT2D eigenvalue weighted by atomic mass is 9.86. The number of rotatable bonds is 7. The first kappa shape index (κ1) is 17.7. The number of nitrogens with two attached hydrogens (primary N) is 1. The van der Waals surface area contributed by atoms with Crippen LogP contribution >= 0.6 is 0 Å². The van der Waals surface area contributed by atoms with Crippen molar-refractivity contribution >= 4 is 31.2 Å². The first-order valence-corrected chi connectivity index (χ1v) is 7.76. The Morgan fingerprint density at radius 2 is 2.00 bits per heavy atom. The van der Waals surface area contributed by atoms with E-state index in [1.807, 2.05) is 46.0 Å². The summed E-state index contributed by atoms with van der Waals surface area (Å²) in [6, 6.07) is 7.68. The van der Waals surface area contributed by atoms with Gasteiger partial charge >= 0.3 is 0 Å². The van der Waals surface area contributed by atoms with Crippen molar-refractivity contribution in [1.29, 1.82) is 0 Å². The van der Waals surface area contributed by atoms with Crippen LogP contribution < -0.4 is 16.4 Å². The van der Waals surface area contributed by atoms with Crippen LogP contribution in [-0.4, -0.2) is 41.9 Å². The van der Waals surface area contributed by atoms with E-state index in [4.69, 9.17) is 5.73 Å². The van der Waals surface area contributed by atoms with E-state index in [2.05, 4.69) is 20.6 Å². The van der Waals surface area contributed by atoms with Crippen LogP contribution in [0, 0.1) is 0 Å². The quantitative estimate of drug-likeness (QED) is 0.554. The van der Waals surface area contributed by atoms with Gasteiger partial charge in [-0.25, -0.2) is 4.98 Å². The highest BCUT2D eigenvalue weighted by Gasteiger charge is 2.19. The minimum absolute atomic E-state index is 0.0729. The van der Waals surface area contributed by atoms with E-state index in [1.165, 1.54) is 6.20 Å². The molecule has 0 bridgehead atoms. The summed E-state index contributed by atoms with van der Waals surface area (Å²) in [5, 5.41) is 15.5. The fraction of sp³-hybridized carbons (Fsp3) is 0.312. The molecule has 0 spiro atoms. The van der Waals surface area contributed by atoms with E-state index in [1.54, 1.807) is 0 Å². The van der Waals surface area contributed by atoms with Crippen molar-refractivity contribution in [2.45, 2.75) is 19.3 Å². The van der Waals surface area contributed by atoms with Gasteiger partial charge in [-0.2, -0.15) is 4.98 Å². The molecule has 1 aromatic heterocycles. The Balaban J connectivity index is 2.22. The summed E-state index contributed by atoms with van der Waals surface area (Å²) in [5.74, 6) is 0.193. The van der Waals surface area contributed by atoms with E-state index in [0.717, 1.165) is 11.3 Å². The van der Waals surface area contributed by atoms with Crippen molar-refractivity contribution in [2.75, 3.05) is 23.7 Å². The van der Waals surface area contributed by atoms with Gasteiger partial charge < -0.3 is 21.5 Å². The number of hydrogen-bond donors (Lipinski definition) is 4. The van der Waals surface area contributed by atoms with E-state index in [-0.39, 0.29) is 17.6 Å². The van der Waals surface area contributed by atoms with Gasteiger partial charge in [0.05, 0.1) is 12.2 Å². The molecule has 1 aromatic carbocycles. The van der Waals surface area contributed by atoms with Gasteiger partial charge in [0.25, 0.3) is 5.91 Å². The number of hydrogen-bond acceptors (Lipinski definition) is 6. The normalized spacial score (nSPS) is 11.1. The van der Waals surface area contributed by atoms with Gasteiger partial charge in [0, 0.05) is 17.3 Å². The predicted octanol–water partition coefficient (Wildman–Crippen LogP) is 0.591. The molecular weight excluding hydrogens is 305 g/mol. The van der Waals surface area contributed by atoms with Gasteiger partial charge in [-0.05, 0) is 24.1 Å². The summed E-state index contributed by atoms with van der Waals surface area (Å²) in [5.41, 5.74) is 7.12. The highest BCUT2D eigenvalue weighted by molar-refractivity contribution is 6.10. The number of aromatic nitrogens is 2. The smallest absolute Gasteiger partial charge is 0.254 e. The molecule has 0 aliphatic carbocycles. The van der Waals surface area contributed by atoms with Crippen LogP contribution in [0.4, 0.5) is 17.5 Å². The number of benzene rings is 1. The van der Waals surface area contributed by atoms with E-state index >= 15 is 0 Å². The zero-order chi connectivity index (χ0) is 17.7. The summed E-state index contributed by atoms with van der Waals surface area (Å²) in [4.78, 5) is 19.8. The van der Waals surface area contributed by atoms with Crippen LogP contribution in [0.3, 0.4) is 0 Å². The summed E-state index contributed by atoms with van der Waals surface area (Å²) in [6.45, 7) is 4.02. The number of carbonyl (C=O) groups is 1. The molecule has 1 heterocycles. The molecule has 8 heteroatoms. The molecule has 126 valence electrons.